The largest absolute Gasteiger partial charge is 0.399 e. The van der Waals surface area contributed by atoms with E-state index in [4.69, 9.17) is 5.73 Å². The average Bonchev–Trinajstić information content (AvgIpc) is 2.43. The van der Waals surface area contributed by atoms with Crippen molar-refractivity contribution in [2.24, 2.45) is 0 Å². The Labute approximate surface area is 120 Å². The molecule has 0 unspecified atom stereocenters. The van der Waals surface area contributed by atoms with Crippen molar-refractivity contribution < 1.29 is 4.39 Å². The van der Waals surface area contributed by atoms with E-state index in [9.17, 15) is 4.39 Å². The van der Waals surface area contributed by atoms with Crippen LogP contribution in [0.2, 0.25) is 0 Å². The number of hydrogen-bond donors (Lipinski definition) is 1. The highest BCUT2D eigenvalue weighted by Gasteiger charge is 2.10. The van der Waals surface area contributed by atoms with Crippen LogP contribution in [0.15, 0.2) is 42.5 Å². The van der Waals surface area contributed by atoms with Gasteiger partial charge in [-0.25, -0.2) is 4.39 Å². The summed E-state index contributed by atoms with van der Waals surface area (Å²) in [4.78, 5) is 2.22. The van der Waals surface area contributed by atoms with Gasteiger partial charge in [0, 0.05) is 24.3 Å². The Bertz CT molecular complexity index is 581. The van der Waals surface area contributed by atoms with Crippen LogP contribution < -0.4 is 5.73 Å². The SMILES string of the molecule is CCN(Cc1ccccc1C)Cc1ccc(N)cc1F. The van der Waals surface area contributed by atoms with Crippen molar-refractivity contribution in [2.75, 3.05) is 12.3 Å². The maximum atomic E-state index is 13.9. The molecular weight excluding hydrogens is 251 g/mol. The van der Waals surface area contributed by atoms with Crippen LogP contribution in [0.25, 0.3) is 0 Å². The number of rotatable bonds is 5. The van der Waals surface area contributed by atoms with E-state index in [1.54, 1.807) is 12.1 Å². The zero-order chi connectivity index (χ0) is 14.5. The van der Waals surface area contributed by atoms with Crippen LogP contribution in [0.1, 0.15) is 23.6 Å². The maximum Gasteiger partial charge on any atom is 0.129 e. The smallest absolute Gasteiger partial charge is 0.129 e. The van der Waals surface area contributed by atoms with Crippen molar-refractivity contribution >= 4 is 5.69 Å². The van der Waals surface area contributed by atoms with E-state index in [1.165, 1.54) is 17.2 Å². The number of hydrogen-bond acceptors (Lipinski definition) is 2. The van der Waals surface area contributed by atoms with Gasteiger partial charge in [0.2, 0.25) is 0 Å². The molecule has 106 valence electrons. The van der Waals surface area contributed by atoms with Gasteiger partial charge in [0.1, 0.15) is 5.82 Å². The first-order valence-electron chi connectivity index (χ1n) is 6.91. The zero-order valence-electron chi connectivity index (χ0n) is 12.1. The number of nitrogens with two attached hydrogens (primary N) is 1. The van der Waals surface area contributed by atoms with Gasteiger partial charge in [0.05, 0.1) is 0 Å². The van der Waals surface area contributed by atoms with Gasteiger partial charge < -0.3 is 5.73 Å². The molecule has 0 amide bonds. The standard InChI is InChI=1S/C17H21FN2/c1-3-20(11-14-7-5-4-6-13(14)2)12-15-8-9-16(19)10-17(15)18/h4-10H,3,11-12,19H2,1-2H3. The molecule has 0 aliphatic heterocycles. The molecule has 0 saturated carbocycles. The first kappa shape index (κ1) is 14.5. The highest BCUT2D eigenvalue weighted by molar-refractivity contribution is 5.40. The Kier molecular flexibility index (Phi) is 4.74. The van der Waals surface area contributed by atoms with Crippen molar-refractivity contribution in [3.8, 4) is 0 Å². The molecule has 2 nitrogen and oxygen atoms in total. The molecule has 3 heteroatoms. The summed E-state index contributed by atoms with van der Waals surface area (Å²) in [7, 11) is 0. The number of aryl methyl sites for hydroxylation is 1. The third kappa shape index (κ3) is 3.58. The van der Waals surface area contributed by atoms with Crippen LogP contribution in [0.5, 0.6) is 0 Å². The number of halogens is 1. The highest BCUT2D eigenvalue weighted by atomic mass is 19.1. The molecule has 2 aromatic rings. The summed E-state index contributed by atoms with van der Waals surface area (Å²) in [5.74, 6) is -0.228. The summed E-state index contributed by atoms with van der Waals surface area (Å²) >= 11 is 0. The van der Waals surface area contributed by atoms with Crippen LogP contribution in [-0.4, -0.2) is 11.4 Å². The Morgan fingerprint density at radius 2 is 1.75 bits per heavy atom. The Hall–Kier alpha value is -1.87. The molecule has 0 aliphatic carbocycles. The minimum atomic E-state index is -0.228. The molecule has 0 atom stereocenters. The van der Waals surface area contributed by atoms with Gasteiger partial charge in [0.25, 0.3) is 0 Å². The second kappa shape index (κ2) is 6.53. The second-order valence-corrected chi connectivity index (χ2v) is 5.08. The summed E-state index contributed by atoms with van der Waals surface area (Å²) in [6.45, 7) is 6.49. The van der Waals surface area contributed by atoms with Crippen molar-refractivity contribution in [3.05, 3.63) is 65.0 Å². The molecule has 0 aliphatic rings. The lowest BCUT2D eigenvalue weighted by Crippen LogP contribution is -2.23. The fraction of sp³-hybridized carbons (Fsp3) is 0.294. The van der Waals surface area contributed by atoms with Gasteiger partial charge in [-0.3, -0.25) is 4.90 Å². The van der Waals surface area contributed by atoms with Crippen molar-refractivity contribution in [2.45, 2.75) is 26.9 Å². The third-order valence-electron chi connectivity index (χ3n) is 3.57. The first-order valence-corrected chi connectivity index (χ1v) is 6.91. The Balaban J connectivity index is 2.11. The van der Waals surface area contributed by atoms with E-state index in [0.717, 1.165) is 13.1 Å². The third-order valence-corrected chi connectivity index (χ3v) is 3.57. The van der Waals surface area contributed by atoms with Crippen LogP contribution in [0.3, 0.4) is 0 Å². The quantitative estimate of drug-likeness (QED) is 0.840. The predicted molar refractivity (Wildman–Crippen MR) is 81.8 cm³/mol. The van der Waals surface area contributed by atoms with Crippen LogP contribution in [-0.2, 0) is 13.1 Å². The van der Waals surface area contributed by atoms with Crippen molar-refractivity contribution in [1.29, 1.82) is 0 Å². The summed E-state index contributed by atoms with van der Waals surface area (Å²) in [5.41, 5.74) is 9.29. The van der Waals surface area contributed by atoms with Gasteiger partial charge in [0.15, 0.2) is 0 Å². The fourth-order valence-corrected chi connectivity index (χ4v) is 2.24. The van der Waals surface area contributed by atoms with E-state index in [-0.39, 0.29) is 5.82 Å². The summed E-state index contributed by atoms with van der Waals surface area (Å²) < 4.78 is 13.9. The maximum absolute atomic E-state index is 13.9. The van der Waals surface area contributed by atoms with Crippen LogP contribution >= 0.6 is 0 Å². The predicted octanol–water partition coefficient (Wildman–Crippen LogP) is 3.74. The average molecular weight is 272 g/mol. The minimum absolute atomic E-state index is 0.228. The molecular formula is C17H21FN2. The lowest BCUT2D eigenvalue weighted by molar-refractivity contribution is 0.267. The van der Waals surface area contributed by atoms with Crippen molar-refractivity contribution in [1.82, 2.24) is 4.90 Å². The van der Waals surface area contributed by atoms with Gasteiger partial charge in [-0.2, -0.15) is 0 Å². The summed E-state index contributed by atoms with van der Waals surface area (Å²) in [6.07, 6.45) is 0. The first-order chi connectivity index (χ1) is 9.60. The second-order valence-electron chi connectivity index (χ2n) is 5.08. The molecule has 2 rings (SSSR count). The normalized spacial score (nSPS) is 11.0. The van der Waals surface area contributed by atoms with E-state index >= 15 is 0 Å². The van der Waals surface area contributed by atoms with E-state index in [2.05, 4.69) is 30.9 Å². The zero-order valence-corrected chi connectivity index (χ0v) is 12.1. The molecule has 20 heavy (non-hydrogen) atoms. The number of nitrogens with zero attached hydrogens (tertiary/aromatic N) is 1. The van der Waals surface area contributed by atoms with Gasteiger partial charge in [-0.05, 0) is 36.7 Å². The number of anilines is 1. The van der Waals surface area contributed by atoms with Gasteiger partial charge in [-0.1, -0.05) is 37.3 Å². The number of nitrogen functional groups attached to an aromatic ring is 1. The van der Waals surface area contributed by atoms with E-state index in [1.807, 2.05) is 12.1 Å². The van der Waals surface area contributed by atoms with Crippen molar-refractivity contribution in [3.63, 3.8) is 0 Å². The van der Waals surface area contributed by atoms with Gasteiger partial charge in [-0.15, -0.1) is 0 Å². The van der Waals surface area contributed by atoms with Crippen LogP contribution in [0, 0.1) is 12.7 Å². The van der Waals surface area contributed by atoms with Crippen LogP contribution in [0.4, 0.5) is 10.1 Å². The van der Waals surface area contributed by atoms with E-state index < -0.39 is 0 Å². The summed E-state index contributed by atoms with van der Waals surface area (Å²) in [5, 5.41) is 0. The molecule has 0 bridgehead atoms. The molecule has 0 radical (unpaired) electrons. The molecule has 0 saturated heterocycles. The summed E-state index contributed by atoms with van der Waals surface area (Å²) in [6, 6.07) is 13.2. The molecule has 2 aromatic carbocycles. The molecule has 0 fully saturated rings. The molecule has 0 aromatic heterocycles. The topological polar surface area (TPSA) is 29.3 Å². The Morgan fingerprint density at radius 3 is 2.40 bits per heavy atom. The lowest BCUT2D eigenvalue weighted by atomic mass is 10.1. The number of benzene rings is 2. The Morgan fingerprint density at radius 1 is 1.05 bits per heavy atom. The highest BCUT2D eigenvalue weighted by Crippen LogP contribution is 2.17. The van der Waals surface area contributed by atoms with Gasteiger partial charge >= 0.3 is 0 Å². The monoisotopic (exact) mass is 272 g/mol. The molecule has 2 N–H and O–H groups in total. The lowest BCUT2D eigenvalue weighted by Gasteiger charge is -2.22. The fourth-order valence-electron chi connectivity index (χ4n) is 2.24. The molecule has 0 heterocycles. The van der Waals surface area contributed by atoms with E-state index in [0.29, 0.717) is 17.8 Å². The molecule has 0 spiro atoms. The minimum Gasteiger partial charge on any atom is -0.399 e.